The first-order chi connectivity index (χ1) is 10.1. The zero-order chi connectivity index (χ0) is 15.0. The summed E-state index contributed by atoms with van der Waals surface area (Å²) in [6, 6.07) is 7.39. The Bertz CT molecular complexity index is 686. The number of fused-ring (bicyclic) bond motifs is 1. The Hall–Kier alpha value is -2.28. The lowest BCUT2D eigenvalue weighted by atomic mass is 10.1. The number of nitrogens with zero attached hydrogens (tertiary/aromatic N) is 4. The highest BCUT2D eigenvalue weighted by Crippen LogP contribution is 2.33. The second-order valence-electron chi connectivity index (χ2n) is 5.00. The summed E-state index contributed by atoms with van der Waals surface area (Å²) in [6.45, 7) is 2.15. The average molecular weight is 302 g/mol. The molecule has 0 saturated heterocycles. The second kappa shape index (κ2) is 5.25. The van der Waals surface area contributed by atoms with Crippen molar-refractivity contribution in [3.05, 3.63) is 36.2 Å². The SMILES string of the molecule is C[C@H]1CN(C(=O)c2cnsn2)c2ccccc2N(C)C1=O. The van der Waals surface area contributed by atoms with Crippen molar-refractivity contribution in [2.24, 2.45) is 5.92 Å². The molecule has 1 atom stereocenters. The van der Waals surface area contributed by atoms with E-state index in [4.69, 9.17) is 0 Å². The van der Waals surface area contributed by atoms with E-state index in [0.717, 1.165) is 23.1 Å². The minimum atomic E-state index is -0.280. The predicted molar refractivity (Wildman–Crippen MR) is 80.6 cm³/mol. The van der Waals surface area contributed by atoms with Crippen molar-refractivity contribution >= 4 is 34.9 Å². The fourth-order valence-electron chi connectivity index (χ4n) is 2.47. The largest absolute Gasteiger partial charge is 0.313 e. The number of rotatable bonds is 1. The molecule has 2 amide bonds. The zero-order valence-electron chi connectivity index (χ0n) is 11.7. The normalized spacial score (nSPS) is 18.4. The molecule has 1 aliphatic rings. The van der Waals surface area contributed by atoms with Gasteiger partial charge >= 0.3 is 0 Å². The molecule has 0 radical (unpaired) electrons. The number of carbonyl (C=O) groups excluding carboxylic acids is 2. The van der Waals surface area contributed by atoms with Crippen LogP contribution in [0.3, 0.4) is 0 Å². The number of carbonyl (C=O) groups is 2. The van der Waals surface area contributed by atoms with Crippen LogP contribution >= 0.6 is 11.7 Å². The molecule has 1 aliphatic heterocycles. The van der Waals surface area contributed by atoms with Gasteiger partial charge in [-0.05, 0) is 12.1 Å². The van der Waals surface area contributed by atoms with Crippen LogP contribution in [0.4, 0.5) is 11.4 Å². The summed E-state index contributed by atoms with van der Waals surface area (Å²) in [7, 11) is 1.73. The molecule has 0 aliphatic carbocycles. The Labute approximate surface area is 126 Å². The van der Waals surface area contributed by atoms with Crippen LogP contribution in [0.2, 0.25) is 0 Å². The van der Waals surface area contributed by atoms with Crippen LogP contribution in [-0.4, -0.2) is 34.2 Å². The van der Waals surface area contributed by atoms with Crippen molar-refractivity contribution in [1.82, 2.24) is 8.75 Å². The highest BCUT2D eigenvalue weighted by Gasteiger charge is 2.32. The standard InChI is InChI=1S/C14H14N4O2S/c1-9-8-18(14(20)10-7-15-21-16-10)12-6-4-3-5-11(12)17(2)13(9)19/h3-7,9H,8H2,1-2H3/t9-/m0/s1. The van der Waals surface area contributed by atoms with Gasteiger partial charge in [0.2, 0.25) is 5.91 Å². The first-order valence-corrected chi connectivity index (χ1v) is 7.28. The average Bonchev–Trinajstić information content (AvgIpc) is 3.02. The van der Waals surface area contributed by atoms with E-state index in [1.807, 2.05) is 31.2 Å². The molecule has 0 fully saturated rings. The van der Waals surface area contributed by atoms with Gasteiger partial charge < -0.3 is 9.80 Å². The summed E-state index contributed by atoms with van der Waals surface area (Å²) in [5, 5.41) is 0. The van der Waals surface area contributed by atoms with Gasteiger partial charge in [0, 0.05) is 13.6 Å². The summed E-state index contributed by atoms with van der Waals surface area (Å²) in [5.74, 6) is -0.516. The smallest absolute Gasteiger partial charge is 0.279 e. The Morgan fingerprint density at radius 2 is 2.05 bits per heavy atom. The zero-order valence-corrected chi connectivity index (χ0v) is 12.5. The summed E-state index contributed by atoms with van der Waals surface area (Å²) in [6.07, 6.45) is 1.46. The van der Waals surface area contributed by atoms with E-state index in [2.05, 4.69) is 8.75 Å². The lowest BCUT2D eigenvalue weighted by Crippen LogP contribution is -2.37. The maximum absolute atomic E-state index is 12.6. The third kappa shape index (κ3) is 2.29. The van der Waals surface area contributed by atoms with Crippen molar-refractivity contribution in [3.8, 4) is 0 Å². The molecule has 0 spiro atoms. The quantitative estimate of drug-likeness (QED) is 0.805. The molecular weight excluding hydrogens is 288 g/mol. The first-order valence-electron chi connectivity index (χ1n) is 6.55. The third-order valence-electron chi connectivity index (χ3n) is 3.57. The van der Waals surface area contributed by atoms with Crippen LogP contribution in [0.25, 0.3) is 0 Å². The molecule has 108 valence electrons. The summed E-state index contributed by atoms with van der Waals surface area (Å²) in [5.41, 5.74) is 1.75. The molecule has 7 heteroatoms. The van der Waals surface area contributed by atoms with E-state index >= 15 is 0 Å². The van der Waals surface area contributed by atoms with E-state index in [9.17, 15) is 9.59 Å². The van der Waals surface area contributed by atoms with E-state index < -0.39 is 0 Å². The number of para-hydroxylation sites is 2. The molecule has 0 unspecified atom stereocenters. The molecule has 0 saturated carbocycles. The van der Waals surface area contributed by atoms with Gasteiger partial charge in [0.05, 0.1) is 35.2 Å². The molecular formula is C14H14N4O2S. The van der Waals surface area contributed by atoms with Gasteiger partial charge in [-0.2, -0.15) is 8.75 Å². The van der Waals surface area contributed by atoms with Gasteiger partial charge in [-0.1, -0.05) is 19.1 Å². The minimum Gasteiger partial charge on any atom is -0.313 e. The molecule has 1 aromatic carbocycles. The van der Waals surface area contributed by atoms with Crippen LogP contribution in [-0.2, 0) is 4.79 Å². The highest BCUT2D eigenvalue weighted by molar-refractivity contribution is 6.99. The maximum Gasteiger partial charge on any atom is 0.279 e. The van der Waals surface area contributed by atoms with Gasteiger partial charge in [0.15, 0.2) is 5.69 Å². The fraction of sp³-hybridized carbons (Fsp3) is 0.286. The Morgan fingerprint density at radius 3 is 2.71 bits per heavy atom. The third-order valence-corrected chi connectivity index (χ3v) is 4.05. The summed E-state index contributed by atoms with van der Waals surface area (Å²) >= 11 is 0.995. The summed E-state index contributed by atoms with van der Waals surface area (Å²) in [4.78, 5) is 28.2. The van der Waals surface area contributed by atoms with Crippen molar-refractivity contribution in [2.45, 2.75) is 6.92 Å². The fourth-order valence-corrected chi connectivity index (χ4v) is 2.87. The van der Waals surface area contributed by atoms with Gasteiger partial charge in [0.25, 0.3) is 5.91 Å². The Balaban J connectivity index is 2.09. The number of aromatic nitrogens is 2. The van der Waals surface area contributed by atoms with Crippen LogP contribution < -0.4 is 9.80 Å². The molecule has 21 heavy (non-hydrogen) atoms. The van der Waals surface area contributed by atoms with E-state index in [1.165, 1.54) is 6.20 Å². The van der Waals surface area contributed by atoms with Crippen molar-refractivity contribution < 1.29 is 9.59 Å². The predicted octanol–water partition coefficient (Wildman–Crippen LogP) is 1.80. The molecule has 6 nitrogen and oxygen atoms in total. The number of amides is 2. The van der Waals surface area contributed by atoms with Crippen molar-refractivity contribution in [3.63, 3.8) is 0 Å². The first kappa shape index (κ1) is 13.7. The highest BCUT2D eigenvalue weighted by atomic mass is 32.1. The van der Waals surface area contributed by atoms with Crippen molar-refractivity contribution in [2.75, 3.05) is 23.4 Å². The van der Waals surface area contributed by atoms with Crippen LogP contribution in [0.5, 0.6) is 0 Å². The van der Waals surface area contributed by atoms with E-state index in [0.29, 0.717) is 12.2 Å². The van der Waals surface area contributed by atoms with Crippen molar-refractivity contribution in [1.29, 1.82) is 0 Å². The van der Waals surface area contributed by atoms with Gasteiger partial charge in [0.1, 0.15) is 0 Å². The van der Waals surface area contributed by atoms with Gasteiger partial charge in [-0.25, -0.2) is 0 Å². The number of hydrogen-bond donors (Lipinski definition) is 0. The molecule has 0 N–H and O–H groups in total. The lowest BCUT2D eigenvalue weighted by molar-refractivity contribution is -0.121. The number of anilines is 2. The summed E-state index contributed by atoms with van der Waals surface area (Å²) < 4.78 is 7.87. The molecule has 2 aromatic rings. The Morgan fingerprint density at radius 1 is 1.33 bits per heavy atom. The van der Waals surface area contributed by atoms with Crippen LogP contribution in [0.15, 0.2) is 30.5 Å². The lowest BCUT2D eigenvalue weighted by Gasteiger charge is -2.23. The van der Waals surface area contributed by atoms with Crippen LogP contribution in [0, 0.1) is 5.92 Å². The minimum absolute atomic E-state index is 0.00541. The van der Waals surface area contributed by atoms with Gasteiger partial charge in [-0.15, -0.1) is 0 Å². The van der Waals surface area contributed by atoms with E-state index in [-0.39, 0.29) is 17.7 Å². The Kier molecular flexibility index (Phi) is 3.42. The van der Waals surface area contributed by atoms with Gasteiger partial charge in [-0.3, -0.25) is 9.59 Å². The van der Waals surface area contributed by atoms with Crippen LogP contribution in [0.1, 0.15) is 17.4 Å². The maximum atomic E-state index is 12.6. The molecule has 2 heterocycles. The molecule has 0 bridgehead atoms. The molecule has 1 aromatic heterocycles. The molecule has 3 rings (SSSR count). The number of benzene rings is 1. The second-order valence-corrected chi connectivity index (χ2v) is 5.55. The topological polar surface area (TPSA) is 66.4 Å². The monoisotopic (exact) mass is 302 g/mol. The number of hydrogen-bond acceptors (Lipinski definition) is 5. The van der Waals surface area contributed by atoms with E-state index in [1.54, 1.807) is 16.8 Å².